The molecule has 0 radical (unpaired) electrons. The summed E-state index contributed by atoms with van der Waals surface area (Å²) in [6.07, 6.45) is 5.26. The first-order chi connectivity index (χ1) is 15.5. The zero-order valence-corrected chi connectivity index (χ0v) is 18.9. The first-order valence-electron chi connectivity index (χ1n) is 11.8. The lowest BCUT2D eigenvalue weighted by molar-refractivity contribution is -0.135. The van der Waals surface area contributed by atoms with Crippen LogP contribution in [0.25, 0.3) is 16.6 Å². The van der Waals surface area contributed by atoms with Crippen molar-refractivity contribution in [2.45, 2.75) is 52.4 Å². The molecule has 2 amide bonds. The van der Waals surface area contributed by atoms with Gasteiger partial charge in [-0.3, -0.25) is 9.59 Å². The van der Waals surface area contributed by atoms with Gasteiger partial charge in [0.25, 0.3) is 0 Å². The van der Waals surface area contributed by atoms with Gasteiger partial charge < -0.3 is 10.2 Å². The van der Waals surface area contributed by atoms with E-state index in [0.717, 1.165) is 59.4 Å². The summed E-state index contributed by atoms with van der Waals surface area (Å²) in [6, 6.07) is 8.02. The number of piperidine rings is 1. The summed E-state index contributed by atoms with van der Waals surface area (Å²) < 4.78 is 1.90. The fraction of sp³-hybridized carbons (Fsp3) is 0.520. The maximum Gasteiger partial charge on any atom is 0.224 e. The van der Waals surface area contributed by atoms with Gasteiger partial charge in [0.2, 0.25) is 11.8 Å². The zero-order valence-electron chi connectivity index (χ0n) is 18.9. The van der Waals surface area contributed by atoms with Gasteiger partial charge in [-0.15, -0.1) is 0 Å². The Kier molecular flexibility index (Phi) is 5.57. The van der Waals surface area contributed by atoms with Crippen molar-refractivity contribution in [3.8, 4) is 0 Å². The van der Waals surface area contributed by atoms with Crippen molar-refractivity contribution in [1.82, 2.24) is 24.8 Å². The third-order valence-electron chi connectivity index (χ3n) is 7.01. The van der Waals surface area contributed by atoms with E-state index in [0.29, 0.717) is 25.3 Å². The standard InChI is InChI=1S/C25H31N5O2/c1-16-20(17(2)30-24(27-16)21-7-3-4-8-22(21)28-30)11-12-23(31)29-13-5-6-19(15-29)25(32)26-14-18-9-10-18/h3-4,7-8,18-19H,5-6,9-15H2,1-2H3,(H,26,32). The number of likely N-dealkylation sites (tertiary alicyclic amines) is 1. The van der Waals surface area contributed by atoms with Crippen molar-refractivity contribution in [3.05, 3.63) is 41.2 Å². The van der Waals surface area contributed by atoms with Crippen molar-refractivity contribution in [2.75, 3.05) is 19.6 Å². The number of carbonyl (C=O) groups excluding carboxylic acids is 2. The van der Waals surface area contributed by atoms with Crippen LogP contribution in [0.15, 0.2) is 24.3 Å². The van der Waals surface area contributed by atoms with Gasteiger partial charge in [0.05, 0.1) is 11.4 Å². The van der Waals surface area contributed by atoms with E-state index in [1.807, 2.05) is 40.6 Å². The van der Waals surface area contributed by atoms with Gasteiger partial charge in [0.1, 0.15) is 0 Å². The monoisotopic (exact) mass is 433 g/mol. The first-order valence-corrected chi connectivity index (χ1v) is 11.8. The first kappa shape index (κ1) is 20.9. The number of amides is 2. The molecule has 0 bridgehead atoms. The van der Waals surface area contributed by atoms with Crippen molar-refractivity contribution in [2.24, 2.45) is 11.8 Å². The summed E-state index contributed by atoms with van der Waals surface area (Å²) in [6.45, 7) is 6.13. The van der Waals surface area contributed by atoms with Crippen LogP contribution in [0.3, 0.4) is 0 Å². The number of rotatable bonds is 6. The maximum absolute atomic E-state index is 13.0. The summed E-state index contributed by atoms with van der Waals surface area (Å²) in [5.74, 6) is 0.824. The third-order valence-corrected chi connectivity index (χ3v) is 7.01. The molecule has 2 fully saturated rings. The molecule has 1 aliphatic carbocycles. The number of hydrogen-bond acceptors (Lipinski definition) is 4. The number of carbonyl (C=O) groups is 2. The Morgan fingerprint density at radius 2 is 1.97 bits per heavy atom. The molecular formula is C25H31N5O2. The average molecular weight is 434 g/mol. The number of hydrogen-bond donors (Lipinski definition) is 1. The normalized spacial score (nSPS) is 18.9. The molecule has 1 unspecified atom stereocenters. The van der Waals surface area contributed by atoms with Crippen molar-refractivity contribution in [1.29, 1.82) is 0 Å². The lowest BCUT2D eigenvalue weighted by Crippen LogP contribution is -2.45. The number of nitrogens with zero attached hydrogens (tertiary/aromatic N) is 4. The van der Waals surface area contributed by atoms with Crippen LogP contribution in [0.5, 0.6) is 0 Å². The highest BCUT2D eigenvalue weighted by Crippen LogP contribution is 2.28. The minimum Gasteiger partial charge on any atom is -0.356 e. The van der Waals surface area contributed by atoms with Gasteiger partial charge in [-0.25, -0.2) is 9.50 Å². The van der Waals surface area contributed by atoms with Crippen molar-refractivity contribution < 1.29 is 9.59 Å². The number of fused-ring (bicyclic) bond motifs is 3. The maximum atomic E-state index is 13.0. The lowest BCUT2D eigenvalue weighted by Gasteiger charge is -2.32. The molecule has 1 aromatic carbocycles. The molecule has 2 aromatic heterocycles. The van der Waals surface area contributed by atoms with Crippen LogP contribution in [0.4, 0.5) is 0 Å². The highest BCUT2D eigenvalue weighted by atomic mass is 16.2. The Morgan fingerprint density at radius 3 is 2.78 bits per heavy atom. The van der Waals surface area contributed by atoms with Crippen molar-refractivity contribution in [3.63, 3.8) is 0 Å². The second kappa shape index (κ2) is 8.52. The predicted molar refractivity (Wildman–Crippen MR) is 123 cm³/mol. The zero-order chi connectivity index (χ0) is 22.2. The van der Waals surface area contributed by atoms with Gasteiger partial charge >= 0.3 is 0 Å². The molecule has 7 nitrogen and oxygen atoms in total. The second-order valence-electron chi connectivity index (χ2n) is 9.38. The lowest BCUT2D eigenvalue weighted by atomic mass is 9.96. The quantitative estimate of drug-likeness (QED) is 0.647. The largest absolute Gasteiger partial charge is 0.356 e. The molecule has 1 aliphatic heterocycles. The van der Waals surface area contributed by atoms with Crippen molar-refractivity contribution >= 4 is 28.4 Å². The smallest absolute Gasteiger partial charge is 0.224 e. The molecule has 3 heterocycles. The summed E-state index contributed by atoms with van der Waals surface area (Å²) in [5.41, 5.74) is 4.85. The van der Waals surface area contributed by atoms with Gasteiger partial charge in [0.15, 0.2) is 5.65 Å². The van der Waals surface area contributed by atoms with E-state index in [2.05, 4.69) is 12.2 Å². The Hall–Kier alpha value is -2.96. The summed E-state index contributed by atoms with van der Waals surface area (Å²) in [5, 5.41) is 8.83. The van der Waals surface area contributed by atoms with Crippen LogP contribution in [0, 0.1) is 25.7 Å². The molecule has 7 heteroatoms. The van der Waals surface area contributed by atoms with E-state index < -0.39 is 0 Å². The third kappa shape index (κ3) is 4.08. The number of aromatic nitrogens is 3. The summed E-state index contributed by atoms with van der Waals surface area (Å²) in [7, 11) is 0. The highest BCUT2D eigenvalue weighted by Gasteiger charge is 2.30. The van der Waals surface area contributed by atoms with E-state index in [4.69, 9.17) is 10.1 Å². The van der Waals surface area contributed by atoms with Gasteiger partial charge in [-0.2, -0.15) is 5.10 Å². The molecule has 2 aliphatic rings. The van der Waals surface area contributed by atoms with Gasteiger partial charge in [0, 0.05) is 42.8 Å². The number of nitrogens with one attached hydrogen (secondary N) is 1. The molecule has 1 saturated heterocycles. The van der Waals surface area contributed by atoms with Crippen LogP contribution in [0.1, 0.15) is 49.1 Å². The molecular weight excluding hydrogens is 402 g/mol. The Balaban J connectivity index is 1.26. The molecule has 1 saturated carbocycles. The second-order valence-corrected chi connectivity index (χ2v) is 9.38. The molecule has 1 atom stereocenters. The van der Waals surface area contributed by atoms with Crippen LogP contribution >= 0.6 is 0 Å². The highest BCUT2D eigenvalue weighted by molar-refractivity contribution is 5.92. The fourth-order valence-corrected chi connectivity index (χ4v) is 4.86. The SMILES string of the molecule is Cc1nc2c3ccccc3nn2c(C)c1CCC(=O)N1CCCC(C(=O)NCC2CC2)C1. The van der Waals surface area contributed by atoms with Crippen LogP contribution < -0.4 is 5.32 Å². The van der Waals surface area contributed by atoms with Gasteiger partial charge in [-0.1, -0.05) is 12.1 Å². The van der Waals surface area contributed by atoms with E-state index in [9.17, 15) is 9.59 Å². The van der Waals surface area contributed by atoms with Crippen LogP contribution in [-0.4, -0.2) is 50.9 Å². The van der Waals surface area contributed by atoms with E-state index in [1.54, 1.807) is 0 Å². The Labute approximate surface area is 188 Å². The minimum absolute atomic E-state index is 0.0792. The van der Waals surface area contributed by atoms with E-state index in [-0.39, 0.29) is 17.7 Å². The average Bonchev–Trinajstić information content (AvgIpc) is 3.57. The Bertz CT molecular complexity index is 1180. The minimum atomic E-state index is -0.0792. The molecule has 168 valence electrons. The molecule has 0 spiro atoms. The topological polar surface area (TPSA) is 79.6 Å². The van der Waals surface area contributed by atoms with Crippen LogP contribution in [-0.2, 0) is 16.0 Å². The summed E-state index contributed by atoms with van der Waals surface area (Å²) >= 11 is 0. The van der Waals surface area contributed by atoms with Gasteiger partial charge in [-0.05, 0) is 69.6 Å². The molecule has 5 rings (SSSR count). The number of aryl methyl sites for hydroxylation is 2. The fourth-order valence-electron chi connectivity index (χ4n) is 4.86. The molecule has 1 N–H and O–H groups in total. The molecule has 32 heavy (non-hydrogen) atoms. The summed E-state index contributed by atoms with van der Waals surface area (Å²) in [4.78, 5) is 32.2. The predicted octanol–water partition coefficient (Wildman–Crippen LogP) is 3.20. The van der Waals surface area contributed by atoms with E-state index >= 15 is 0 Å². The van der Waals surface area contributed by atoms with E-state index in [1.165, 1.54) is 12.8 Å². The Morgan fingerprint density at radius 1 is 1.16 bits per heavy atom. The number of benzene rings is 1. The van der Waals surface area contributed by atoms with Crippen LogP contribution in [0.2, 0.25) is 0 Å². The molecule has 3 aromatic rings.